The van der Waals surface area contributed by atoms with Crippen molar-refractivity contribution in [3.63, 3.8) is 0 Å². The maximum atomic E-state index is 12.9. The molecule has 1 amide bonds. The van der Waals surface area contributed by atoms with Gasteiger partial charge in [0.2, 0.25) is 0 Å². The summed E-state index contributed by atoms with van der Waals surface area (Å²) >= 11 is 0. The number of piperidine rings is 1. The molecule has 2 aliphatic heterocycles. The average molecular weight is 473 g/mol. The number of esters is 1. The fraction of sp³-hybridized carbons (Fsp3) is 0.435. The summed E-state index contributed by atoms with van der Waals surface area (Å²) in [5.41, 5.74) is 2.09. The van der Waals surface area contributed by atoms with Crippen molar-refractivity contribution < 1.29 is 38.4 Å². The van der Waals surface area contributed by atoms with Gasteiger partial charge in [0.25, 0.3) is 12.4 Å². The lowest BCUT2D eigenvalue weighted by molar-refractivity contribution is -0.122. The number of fused-ring (bicyclic) bond motifs is 2. The molecule has 1 spiro atoms. The highest BCUT2D eigenvalue weighted by Gasteiger charge is 2.42. The minimum absolute atomic E-state index is 0.0632. The molecule has 1 saturated heterocycles. The Labute approximate surface area is 196 Å². The van der Waals surface area contributed by atoms with E-state index in [0.29, 0.717) is 44.0 Å². The number of methoxy groups -OCH3 is 3. The molecule has 1 fully saturated rings. The molecule has 182 valence electrons. The van der Waals surface area contributed by atoms with Crippen LogP contribution in [-0.2, 0) is 26.3 Å². The summed E-state index contributed by atoms with van der Waals surface area (Å²) in [6, 6.07) is 4.02. The Bertz CT molecular complexity index is 1030. The lowest BCUT2D eigenvalue weighted by Gasteiger charge is -2.45. The normalized spacial score (nSPS) is 15.9. The van der Waals surface area contributed by atoms with Gasteiger partial charge in [-0.05, 0) is 42.5 Å². The van der Waals surface area contributed by atoms with E-state index in [1.165, 1.54) is 25.1 Å². The quantitative estimate of drug-likeness (QED) is 0.516. The smallest absolute Gasteiger partial charge is 0.358 e. The molecule has 2 aromatic rings. The van der Waals surface area contributed by atoms with Gasteiger partial charge in [0.15, 0.2) is 17.2 Å². The molecule has 0 radical (unpaired) electrons. The average Bonchev–Trinajstić information content (AvgIpc) is 2.88. The molecule has 1 N–H and O–H groups in total. The van der Waals surface area contributed by atoms with Gasteiger partial charge in [0.1, 0.15) is 5.69 Å². The van der Waals surface area contributed by atoms with Crippen LogP contribution in [0.5, 0.6) is 11.5 Å². The second-order valence-electron chi connectivity index (χ2n) is 7.63. The lowest BCUT2D eigenvalue weighted by Crippen LogP contribution is -2.48. The second-order valence-corrected chi connectivity index (χ2v) is 7.63. The molecule has 0 atom stereocenters. The number of nitrogens with zero attached hydrogens (tertiary/aromatic N) is 3. The van der Waals surface area contributed by atoms with Gasteiger partial charge in [-0.25, -0.2) is 14.8 Å². The zero-order chi connectivity index (χ0) is 24.7. The van der Waals surface area contributed by atoms with Crippen molar-refractivity contribution in [1.29, 1.82) is 0 Å². The van der Waals surface area contributed by atoms with Gasteiger partial charge in [0, 0.05) is 13.1 Å². The molecular formula is C23H27N3O8. The molecule has 34 heavy (non-hydrogen) atoms. The first kappa shape index (κ1) is 24.9. The molecule has 11 heteroatoms. The van der Waals surface area contributed by atoms with E-state index in [4.69, 9.17) is 24.1 Å². The van der Waals surface area contributed by atoms with Crippen LogP contribution in [0.4, 0.5) is 0 Å². The highest BCUT2D eigenvalue weighted by atomic mass is 16.5. The first-order chi connectivity index (χ1) is 16.4. The van der Waals surface area contributed by atoms with E-state index in [-0.39, 0.29) is 23.8 Å². The van der Waals surface area contributed by atoms with Crippen LogP contribution in [0.1, 0.15) is 44.9 Å². The van der Waals surface area contributed by atoms with Gasteiger partial charge < -0.3 is 29.0 Å². The summed E-state index contributed by atoms with van der Waals surface area (Å²) in [7, 11) is 4.52. The SMILES string of the molecule is COC(=O)c1cnc(C(=O)N2CCC3(CC2)OCCc2cc(OC)c(OC)cc23)cn1.O=CO. The van der Waals surface area contributed by atoms with Crippen LogP contribution in [0.2, 0.25) is 0 Å². The highest BCUT2D eigenvalue weighted by molar-refractivity contribution is 5.93. The number of hydrogen-bond acceptors (Lipinski definition) is 9. The first-order valence-corrected chi connectivity index (χ1v) is 10.6. The van der Waals surface area contributed by atoms with E-state index in [0.717, 1.165) is 12.0 Å². The number of likely N-dealkylation sites (tertiary alicyclic amines) is 1. The number of carboxylic acid groups (broad SMARTS) is 1. The standard InChI is InChI=1S/C22H25N3O6.CH2O2/c1-28-18-10-14-4-9-31-22(15(14)11-19(18)29-2)5-7-25(8-6-22)20(26)16-12-24-17(13-23-16)21(27)30-3;2-1-3/h10-13H,4-9H2,1-3H3;1H,(H,2,3). The number of carbonyl (C=O) groups is 3. The van der Waals surface area contributed by atoms with E-state index in [2.05, 4.69) is 14.7 Å². The van der Waals surface area contributed by atoms with Gasteiger partial charge >= 0.3 is 5.97 Å². The van der Waals surface area contributed by atoms with Crippen LogP contribution < -0.4 is 9.47 Å². The number of ether oxygens (including phenoxy) is 4. The van der Waals surface area contributed by atoms with Gasteiger partial charge in [-0.15, -0.1) is 0 Å². The van der Waals surface area contributed by atoms with Crippen LogP contribution in [-0.4, -0.2) is 79.3 Å². The molecule has 0 bridgehead atoms. The monoisotopic (exact) mass is 473 g/mol. The Morgan fingerprint density at radius 3 is 2.21 bits per heavy atom. The molecule has 1 aromatic heterocycles. The molecule has 3 heterocycles. The van der Waals surface area contributed by atoms with Crippen molar-refractivity contribution in [2.24, 2.45) is 0 Å². The van der Waals surface area contributed by atoms with Gasteiger partial charge in [-0.1, -0.05) is 0 Å². The van der Waals surface area contributed by atoms with E-state index >= 15 is 0 Å². The summed E-state index contributed by atoms with van der Waals surface area (Å²) in [6.07, 6.45) is 4.69. The number of amides is 1. The molecule has 0 unspecified atom stereocenters. The van der Waals surface area contributed by atoms with E-state index in [1.54, 1.807) is 19.1 Å². The van der Waals surface area contributed by atoms with E-state index in [9.17, 15) is 9.59 Å². The number of rotatable bonds is 4. The largest absolute Gasteiger partial charge is 0.493 e. The minimum atomic E-state index is -0.591. The predicted octanol–water partition coefficient (Wildman–Crippen LogP) is 1.69. The van der Waals surface area contributed by atoms with Crippen molar-refractivity contribution >= 4 is 18.3 Å². The van der Waals surface area contributed by atoms with Crippen molar-refractivity contribution in [1.82, 2.24) is 14.9 Å². The van der Waals surface area contributed by atoms with E-state index in [1.807, 2.05) is 12.1 Å². The Kier molecular flexibility index (Phi) is 8.00. The molecule has 4 rings (SSSR count). The summed E-state index contributed by atoms with van der Waals surface area (Å²) in [5.74, 6) is 0.569. The zero-order valence-electron chi connectivity index (χ0n) is 19.3. The molecular weight excluding hydrogens is 446 g/mol. The Balaban J connectivity index is 0.00000103. The van der Waals surface area contributed by atoms with Crippen molar-refractivity contribution in [3.8, 4) is 11.5 Å². The lowest BCUT2D eigenvalue weighted by atomic mass is 9.79. The third kappa shape index (κ3) is 4.93. The fourth-order valence-corrected chi connectivity index (χ4v) is 4.28. The van der Waals surface area contributed by atoms with Crippen molar-refractivity contribution in [2.45, 2.75) is 24.9 Å². The third-order valence-corrected chi connectivity index (χ3v) is 5.97. The molecule has 11 nitrogen and oxygen atoms in total. The summed E-state index contributed by atoms with van der Waals surface area (Å²) in [5, 5.41) is 6.89. The van der Waals surface area contributed by atoms with Crippen molar-refractivity contribution in [3.05, 3.63) is 47.0 Å². The number of carbonyl (C=O) groups excluding carboxylic acids is 2. The van der Waals surface area contributed by atoms with Gasteiger partial charge in [0.05, 0.1) is 45.9 Å². The molecule has 0 saturated carbocycles. The molecule has 1 aromatic carbocycles. The number of hydrogen-bond donors (Lipinski definition) is 1. The summed E-state index contributed by atoms with van der Waals surface area (Å²) in [6.45, 7) is 1.41. The minimum Gasteiger partial charge on any atom is -0.493 e. The Morgan fingerprint density at radius 2 is 1.65 bits per heavy atom. The molecule has 2 aliphatic rings. The van der Waals surface area contributed by atoms with Crippen LogP contribution in [0, 0.1) is 0 Å². The highest BCUT2D eigenvalue weighted by Crippen LogP contribution is 2.45. The van der Waals surface area contributed by atoms with Gasteiger partial charge in [-0.3, -0.25) is 9.59 Å². The number of benzene rings is 1. The zero-order valence-corrected chi connectivity index (χ0v) is 19.3. The van der Waals surface area contributed by atoms with Crippen molar-refractivity contribution in [2.75, 3.05) is 41.0 Å². The third-order valence-electron chi connectivity index (χ3n) is 5.97. The summed E-state index contributed by atoms with van der Waals surface area (Å²) in [4.78, 5) is 42.6. The Morgan fingerprint density at radius 1 is 1.06 bits per heavy atom. The Hall–Kier alpha value is -3.73. The number of aromatic nitrogens is 2. The first-order valence-electron chi connectivity index (χ1n) is 10.6. The predicted molar refractivity (Wildman–Crippen MR) is 118 cm³/mol. The molecule has 0 aliphatic carbocycles. The summed E-state index contributed by atoms with van der Waals surface area (Å²) < 4.78 is 21.8. The van der Waals surface area contributed by atoms with Crippen LogP contribution in [0.25, 0.3) is 0 Å². The topological polar surface area (TPSA) is 137 Å². The van der Waals surface area contributed by atoms with E-state index < -0.39 is 11.6 Å². The second kappa shape index (κ2) is 10.9. The van der Waals surface area contributed by atoms with Crippen LogP contribution in [0.3, 0.4) is 0 Å². The van der Waals surface area contributed by atoms with Crippen LogP contribution in [0.15, 0.2) is 24.5 Å². The van der Waals surface area contributed by atoms with Gasteiger partial charge in [-0.2, -0.15) is 0 Å². The maximum absolute atomic E-state index is 12.9. The maximum Gasteiger partial charge on any atom is 0.358 e. The van der Waals surface area contributed by atoms with Crippen LogP contribution >= 0.6 is 0 Å². The fourth-order valence-electron chi connectivity index (χ4n) is 4.28.